The van der Waals surface area contributed by atoms with Crippen molar-refractivity contribution >= 4 is 0 Å². The van der Waals surface area contributed by atoms with Crippen LogP contribution in [0.3, 0.4) is 0 Å². The fourth-order valence-corrected chi connectivity index (χ4v) is 4.78. The number of hydrogen-bond donors (Lipinski definition) is 0. The first kappa shape index (κ1) is 26.3. The van der Waals surface area contributed by atoms with Crippen molar-refractivity contribution in [2.45, 2.75) is 57.5 Å². The van der Waals surface area contributed by atoms with Crippen LogP contribution in [0.5, 0.6) is 5.75 Å². The van der Waals surface area contributed by atoms with Crippen LogP contribution in [-0.2, 0) is 23.0 Å². The molecule has 0 bridgehead atoms. The highest BCUT2D eigenvalue weighted by Gasteiger charge is 2.65. The van der Waals surface area contributed by atoms with Gasteiger partial charge in [-0.2, -0.15) is 17.6 Å². The molecule has 0 aliphatic heterocycles. The van der Waals surface area contributed by atoms with Crippen molar-refractivity contribution in [2.24, 2.45) is 0 Å². The van der Waals surface area contributed by atoms with Crippen molar-refractivity contribution in [3.05, 3.63) is 76.1 Å². The minimum atomic E-state index is -5.03. The maximum absolute atomic E-state index is 15.4. The van der Waals surface area contributed by atoms with Crippen molar-refractivity contribution in [1.29, 1.82) is 0 Å². The second-order valence-electron chi connectivity index (χ2n) is 9.01. The summed E-state index contributed by atoms with van der Waals surface area (Å²) in [7, 11) is 0. The van der Waals surface area contributed by atoms with Crippen LogP contribution < -0.4 is 4.74 Å². The molecule has 2 aromatic rings. The zero-order valence-corrected chi connectivity index (χ0v) is 20.0. The summed E-state index contributed by atoms with van der Waals surface area (Å²) in [5, 5.41) is 0. The lowest BCUT2D eigenvalue weighted by Gasteiger charge is -2.35. The van der Waals surface area contributed by atoms with Crippen molar-refractivity contribution in [1.82, 2.24) is 0 Å². The minimum Gasteiger partial charge on any atom is -0.491 e. The van der Waals surface area contributed by atoms with Crippen LogP contribution in [-0.4, -0.2) is 18.8 Å². The predicted molar refractivity (Wildman–Crippen MR) is 121 cm³/mol. The molecule has 9 heteroatoms. The topological polar surface area (TPSA) is 18.5 Å². The molecule has 36 heavy (non-hydrogen) atoms. The van der Waals surface area contributed by atoms with E-state index in [4.69, 9.17) is 9.47 Å². The third kappa shape index (κ3) is 4.11. The first-order valence-corrected chi connectivity index (χ1v) is 11.6. The Morgan fingerprint density at radius 2 is 1.42 bits per heavy atom. The summed E-state index contributed by atoms with van der Waals surface area (Å²) in [6, 6.07) is 4.32. The third-order valence-electron chi connectivity index (χ3n) is 6.57. The Balaban J connectivity index is 1.71. The summed E-state index contributed by atoms with van der Waals surface area (Å²) in [5.41, 5.74) is -4.94. The Labute approximate surface area is 204 Å². The quantitative estimate of drug-likeness (QED) is 0.347. The first-order valence-electron chi connectivity index (χ1n) is 11.6. The summed E-state index contributed by atoms with van der Waals surface area (Å²) < 4.78 is 116. The molecule has 1 atom stereocenters. The third-order valence-corrected chi connectivity index (χ3v) is 6.57. The Morgan fingerprint density at radius 1 is 0.806 bits per heavy atom. The van der Waals surface area contributed by atoms with Gasteiger partial charge in [-0.25, -0.2) is 13.2 Å². The number of aryl methyl sites for hydroxylation is 1. The number of halogens is 7. The highest BCUT2D eigenvalue weighted by atomic mass is 19.3. The lowest BCUT2D eigenvalue weighted by Crippen LogP contribution is -2.41. The van der Waals surface area contributed by atoms with Gasteiger partial charge in [0.2, 0.25) is 0 Å². The monoisotopic (exact) mass is 514 g/mol. The van der Waals surface area contributed by atoms with Crippen LogP contribution in [0.2, 0.25) is 0 Å². The fourth-order valence-electron chi connectivity index (χ4n) is 4.78. The van der Waals surface area contributed by atoms with Gasteiger partial charge < -0.3 is 9.47 Å². The van der Waals surface area contributed by atoms with Gasteiger partial charge in [-0.3, -0.25) is 0 Å². The highest BCUT2D eigenvalue weighted by Crippen LogP contribution is 2.60. The van der Waals surface area contributed by atoms with Gasteiger partial charge >= 0.3 is 11.8 Å². The van der Waals surface area contributed by atoms with E-state index in [0.29, 0.717) is 13.0 Å². The molecule has 0 saturated heterocycles. The second kappa shape index (κ2) is 9.25. The largest absolute Gasteiger partial charge is 0.491 e. The molecule has 1 unspecified atom stereocenters. The Kier molecular flexibility index (Phi) is 6.75. The summed E-state index contributed by atoms with van der Waals surface area (Å²) in [4.78, 5) is 0. The SMILES string of the molecule is CCOc1ccc2c(c1F)C(F)(F)C(F)(F)c1c-2ccc(CCC2=CCC(C)(OCC)C=C2F)c1F. The number of allylic oxidation sites excluding steroid dienone is 2. The number of alkyl halides is 4. The van der Waals surface area contributed by atoms with E-state index in [9.17, 15) is 8.78 Å². The van der Waals surface area contributed by atoms with Gasteiger partial charge in [-0.05, 0) is 80.5 Å². The predicted octanol–water partition coefficient (Wildman–Crippen LogP) is 8.14. The summed E-state index contributed by atoms with van der Waals surface area (Å²) >= 11 is 0. The van der Waals surface area contributed by atoms with E-state index in [0.717, 1.165) is 18.2 Å². The molecule has 0 radical (unpaired) electrons. The van der Waals surface area contributed by atoms with Crippen molar-refractivity contribution in [3.63, 3.8) is 0 Å². The van der Waals surface area contributed by atoms with Gasteiger partial charge in [-0.1, -0.05) is 18.2 Å². The molecule has 2 aromatic carbocycles. The van der Waals surface area contributed by atoms with E-state index in [1.165, 1.54) is 19.1 Å². The van der Waals surface area contributed by atoms with Crippen LogP contribution in [0.1, 0.15) is 50.3 Å². The van der Waals surface area contributed by atoms with E-state index in [2.05, 4.69) is 0 Å². The second-order valence-corrected chi connectivity index (χ2v) is 9.01. The molecule has 194 valence electrons. The first-order chi connectivity index (χ1) is 16.9. The maximum Gasteiger partial charge on any atom is 0.343 e. The van der Waals surface area contributed by atoms with Crippen LogP contribution in [0.25, 0.3) is 11.1 Å². The van der Waals surface area contributed by atoms with E-state index < -0.39 is 62.9 Å². The van der Waals surface area contributed by atoms with Gasteiger partial charge in [0.15, 0.2) is 11.6 Å². The van der Waals surface area contributed by atoms with Crippen molar-refractivity contribution < 1.29 is 40.2 Å². The molecule has 0 N–H and O–H groups in total. The van der Waals surface area contributed by atoms with Gasteiger partial charge in [0.25, 0.3) is 0 Å². The molecular weight excluding hydrogens is 489 g/mol. The lowest BCUT2D eigenvalue weighted by molar-refractivity contribution is -0.228. The van der Waals surface area contributed by atoms with E-state index in [1.54, 1.807) is 19.9 Å². The average molecular weight is 514 g/mol. The molecule has 0 amide bonds. The van der Waals surface area contributed by atoms with Gasteiger partial charge in [0.1, 0.15) is 11.6 Å². The van der Waals surface area contributed by atoms with Crippen LogP contribution in [0, 0.1) is 11.6 Å². The summed E-state index contributed by atoms with van der Waals surface area (Å²) in [6.45, 7) is 5.29. The van der Waals surface area contributed by atoms with Crippen molar-refractivity contribution in [3.8, 4) is 16.9 Å². The standard InChI is InChI=1S/C27H25F7O2/c1-4-35-20-11-10-18-17-9-8-16(7-6-15-12-13-25(3,36-5-2)14-19(15)28)23(29)21(17)26(31,32)27(33,34)22(18)24(20)30/h8-12,14H,4-7,13H2,1-3H3. The number of ether oxygens (including phenoxy) is 2. The van der Waals surface area contributed by atoms with Crippen molar-refractivity contribution in [2.75, 3.05) is 13.2 Å². The Hall–Kier alpha value is -2.81. The molecule has 2 aliphatic carbocycles. The van der Waals surface area contributed by atoms with E-state index in [1.807, 2.05) is 0 Å². The average Bonchev–Trinajstić information content (AvgIpc) is 2.79. The summed E-state index contributed by atoms with van der Waals surface area (Å²) in [5.74, 6) is -14.4. The number of fused-ring (bicyclic) bond motifs is 3. The lowest BCUT2D eigenvalue weighted by atomic mass is 9.78. The Morgan fingerprint density at radius 3 is 2.00 bits per heavy atom. The fraction of sp³-hybridized carbons (Fsp3) is 0.407. The van der Waals surface area contributed by atoms with E-state index in [-0.39, 0.29) is 30.6 Å². The van der Waals surface area contributed by atoms with Gasteiger partial charge in [0, 0.05) is 6.61 Å². The molecule has 0 fully saturated rings. The van der Waals surface area contributed by atoms with Crippen LogP contribution in [0.15, 0.2) is 47.8 Å². The summed E-state index contributed by atoms with van der Waals surface area (Å²) in [6.07, 6.45) is 3.03. The molecule has 4 rings (SSSR count). The number of hydrogen-bond acceptors (Lipinski definition) is 2. The molecule has 0 saturated carbocycles. The van der Waals surface area contributed by atoms with Crippen LogP contribution >= 0.6 is 0 Å². The number of benzene rings is 2. The van der Waals surface area contributed by atoms with Gasteiger partial charge in [-0.15, -0.1) is 0 Å². The maximum atomic E-state index is 15.4. The molecular formula is C27H25F7O2. The zero-order valence-electron chi connectivity index (χ0n) is 20.0. The molecule has 0 spiro atoms. The Bertz CT molecular complexity index is 1250. The number of rotatable bonds is 7. The normalized spacial score (nSPS) is 21.8. The molecule has 0 aromatic heterocycles. The van der Waals surface area contributed by atoms with E-state index >= 15 is 22.0 Å². The minimum absolute atomic E-state index is 0.0366. The van der Waals surface area contributed by atoms with Gasteiger partial charge in [0.05, 0.1) is 23.3 Å². The van der Waals surface area contributed by atoms with Crippen LogP contribution in [0.4, 0.5) is 30.7 Å². The smallest absolute Gasteiger partial charge is 0.343 e. The zero-order chi connectivity index (χ0) is 26.5. The molecule has 2 aliphatic rings. The highest BCUT2D eigenvalue weighted by molar-refractivity contribution is 5.77. The molecule has 2 nitrogen and oxygen atoms in total. The molecule has 0 heterocycles.